The molecule has 1 heterocycles. The second-order valence-corrected chi connectivity index (χ2v) is 4.92. The van der Waals surface area contributed by atoms with Gasteiger partial charge in [-0.1, -0.05) is 16.9 Å². The van der Waals surface area contributed by atoms with E-state index in [4.69, 9.17) is 0 Å². The zero-order chi connectivity index (χ0) is 15.4. The molecule has 1 aliphatic rings. The smallest absolute Gasteiger partial charge is 0.270 e. The third-order valence-electron chi connectivity index (χ3n) is 3.01. The molecule has 21 heavy (non-hydrogen) atoms. The molecule has 0 radical (unpaired) electrons. The molecular weight excluding hydrogens is 274 g/mol. The van der Waals surface area contributed by atoms with Crippen molar-refractivity contribution in [3.63, 3.8) is 0 Å². The van der Waals surface area contributed by atoms with Crippen LogP contribution >= 0.6 is 0 Å². The fourth-order valence-corrected chi connectivity index (χ4v) is 1.94. The maximum absolute atomic E-state index is 11.8. The van der Waals surface area contributed by atoms with E-state index in [1.807, 2.05) is 13.8 Å². The molecule has 0 spiro atoms. The van der Waals surface area contributed by atoms with Gasteiger partial charge in [-0.3, -0.25) is 14.9 Å². The number of nitrogens with zero attached hydrogens (tertiary/aromatic N) is 4. The first kappa shape index (κ1) is 14.7. The van der Waals surface area contributed by atoms with Crippen LogP contribution in [0.3, 0.4) is 0 Å². The van der Waals surface area contributed by atoms with Crippen LogP contribution in [0.5, 0.6) is 0 Å². The summed E-state index contributed by atoms with van der Waals surface area (Å²) in [4.78, 5) is 26.0. The fourth-order valence-electron chi connectivity index (χ4n) is 1.94. The Balaban J connectivity index is 2.14. The Labute approximate surface area is 121 Å². The van der Waals surface area contributed by atoms with Crippen molar-refractivity contribution in [3.05, 3.63) is 39.9 Å². The van der Waals surface area contributed by atoms with Gasteiger partial charge in [0.25, 0.3) is 11.6 Å². The lowest BCUT2D eigenvalue weighted by atomic mass is 10.1. The van der Waals surface area contributed by atoms with Gasteiger partial charge in [-0.2, -0.15) is 0 Å². The largest absolute Gasteiger partial charge is 0.315 e. The zero-order valence-electron chi connectivity index (χ0n) is 11.8. The van der Waals surface area contributed by atoms with Crippen LogP contribution in [0.15, 0.2) is 29.5 Å². The Morgan fingerprint density at radius 1 is 1.48 bits per heavy atom. The highest BCUT2D eigenvalue weighted by Gasteiger charge is 2.38. The van der Waals surface area contributed by atoms with Crippen molar-refractivity contribution in [2.75, 3.05) is 6.67 Å². The Morgan fingerprint density at radius 3 is 2.71 bits per heavy atom. The molecule has 0 bridgehead atoms. The van der Waals surface area contributed by atoms with Gasteiger partial charge in [-0.05, 0) is 5.56 Å². The van der Waals surface area contributed by atoms with Crippen LogP contribution in [0.2, 0.25) is 0 Å². The van der Waals surface area contributed by atoms with Crippen molar-refractivity contribution < 1.29 is 14.5 Å². The average Bonchev–Trinajstić information content (AvgIpc) is 2.78. The number of nitro benzene ring substituents is 1. The highest BCUT2D eigenvalue weighted by Crippen LogP contribution is 2.16. The summed E-state index contributed by atoms with van der Waals surface area (Å²) in [5.41, 5.74) is 1.66. The first-order valence-corrected chi connectivity index (χ1v) is 6.47. The summed E-state index contributed by atoms with van der Waals surface area (Å²) >= 11 is 0. The number of carbonyl (C=O) groups excluding carboxylic acids is 1. The number of benzene rings is 1. The van der Waals surface area contributed by atoms with Crippen LogP contribution in [0.1, 0.15) is 19.4 Å². The third kappa shape index (κ3) is 3.64. The van der Waals surface area contributed by atoms with Gasteiger partial charge >= 0.3 is 0 Å². The lowest BCUT2D eigenvalue weighted by Crippen LogP contribution is -2.31. The van der Waals surface area contributed by atoms with Crippen molar-refractivity contribution in [2.24, 2.45) is 5.22 Å². The number of nitro groups is 1. The minimum Gasteiger partial charge on any atom is -0.315 e. The molecule has 1 unspecified atom stereocenters. The molecule has 2 rings (SSSR count). The van der Waals surface area contributed by atoms with Crippen LogP contribution in [-0.4, -0.2) is 39.1 Å². The number of hydrogen-bond acceptors (Lipinski definition) is 4. The van der Waals surface area contributed by atoms with E-state index >= 15 is 0 Å². The molecule has 1 amide bonds. The summed E-state index contributed by atoms with van der Waals surface area (Å²) in [6.07, 6.45) is 0.422. The van der Waals surface area contributed by atoms with E-state index in [2.05, 4.69) is 15.3 Å². The normalized spacial score (nSPS) is 17.1. The standard InChI is InChI=1S/C13H15N5O3/c1-9(2)15-16-17-8-14-13(19)12(17)7-10-3-5-11(6-4-10)18(20)21/h3-6,12H,7-8H2,1-2H3/p+1. The maximum Gasteiger partial charge on any atom is 0.270 e. The molecule has 1 atom stereocenters. The van der Waals surface area contributed by atoms with Crippen molar-refractivity contribution in [3.8, 4) is 0 Å². The molecule has 0 saturated carbocycles. The molecule has 8 heteroatoms. The van der Waals surface area contributed by atoms with Crippen molar-refractivity contribution in [1.29, 1.82) is 0 Å². The van der Waals surface area contributed by atoms with E-state index in [9.17, 15) is 14.9 Å². The Kier molecular flexibility index (Phi) is 4.30. The highest BCUT2D eigenvalue weighted by atomic mass is 16.6. The molecule has 0 aromatic heterocycles. The number of amides is 1. The molecular formula is C13H16N5O3+. The predicted octanol–water partition coefficient (Wildman–Crippen LogP) is 0.951. The zero-order valence-corrected chi connectivity index (χ0v) is 11.8. The Hall–Kier alpha value is -2.73. The van der Waals surface area contributed by atoms with Gasteiger partial charge in [-0.15, -0.1) is 5.01 Å². The lowest BCUT2D eigenvalue weighted by Gasteiger charge is -2.08. The third-order valence-corrected chi connectivity index (χ3v) is 3.01. The van der Waals surface area contributed by atoms with Gasteiger partial charge in [0, 0.05) is 32.4 Å². The molecule has 1 aliphatic heterocycles. The fraction of sp³-hybridized carbons (Fsp3) is 0.385. The number of rotatable bonds is 4. The van der Waals surface area contributed by atoms with Gasteiger partial charge in [0.15, 0.2) is 11.9 Å². The average molecular weight is 290 g/mol. The second kappa shape index (κ2) is 6.15. The molecule has 8 nitrogen and oxygen atoms in total. The Morgan fingerprint density at radius 2 is 2.14 bits per heavy atom. The van der Waals surface area contributed by atoms with Crippen LogP contribution in [0.25, 0.3) is 0 Å². The van der Waals surface area contributed by atoms with Gasteiger partial charge in [0.2, 0.25) is 11.8 Å². The molecule has 1 aromatic carbocycles. The van der Waals surface area contributed by atoms with E-state index in [0.29, 0.717) is 13.1 Å². The van der Waals surface area contributed by atoms with Crippen LogP contribution in [0, 0.1) is 10.1 Å². The SMILES string of the molecule is CC(C)=[N+]=NN1CNC(=O)C1Cc1ccc([N+](=O)[O-])cc1. The van der Waals surface area contributed by atoms with Crippen LogP contribution in [0.4, 0.5) is 5.69 Å². The predicted molar refractivity (Wildman–Crippen MR) is 74.5 cm³/mol. The van der Waals surface area contributed by atoms with E-state index in [0.717, 1.165) is 11.3 Å². The van der Waals surface area contributed by atoms with E-state index in [1.54, 1.807) is 17.1 Å². The van der Waals surface area contributed by atoms with Crippen LogP contribution < -0.4 is 5.32 Å². The minimum absolute atomic E-state index is 0.0300. The summed E-state index contributed by atoms with van der Waals surface area (Å²) in [6.45, 7) is 3.95. The first-order chi connectivity index (χ1) is 9.97. The summed E-state index contributed by atoms with van der Waals surface area (Å²) < 4.78 is 0. The van der Waals surface area contributed by atoms with E-state index < -0.39 is 11.0 Å². The van der Waals surface area contributed by atoms with Gasteiger partial charge in [0.1, 0.15) is 0 Å². The van der Waals surface area contributed by atoms with E-state index in [-0.39, 0.29) is 11.6 Å². The monoisotopic (exact) mass is 290 g/mol. The molecule has 1 aromatic rings. The summed E-state index contributed by atoms with van der Waals surface area (Å²) in [7, 11) is 0. The molecule has 1 saturated heterocycles. The van der Waals surface area contributed by atoms with Gasteiger partial charge in [0.05, 0.1) is 4.92 Å². The van der Waals surface area contributed by atoms with Gasteiger partial charge < -0.3 is 5.32 Å². The summed E-state index contributed by atoms with van der Waals surface area (Å²) in [5.74, 6) is -0.124. The molecule has 110 valence electrons. The lowest BCUT2D eigenvalue weighted by molar-refractivity contribution is -0.384. The molecule has 0 aliphatic carbocycles. The number of non-ortho nitro benzene ring substituents is 1. The van der Waals surface area contributed by atoms with Crippen molar-refractivity contribution in [1.82, 2.24) is 10.3 Å². The molecule has 1 N–H and O–H groups in total. The van der Waals surface area contributed by atoms with E-state index in [1.165, 1.54) is 12.1 Å². The number of nitrogens with one attached hydrogen (secondary N) is 1. The highest BCUT2D eigenvalue weighted by molar-refractivity contribution is 5.83. The van der Waals surface area contributed by atoms with Crippen molar-refractivity contribution >= 4 is 17.3 Å². The molecule has 1 fully saturated rings. The minimum atomic E-state index is -0.452. The quantitative estimate of drug-likeness (QED) is 0.293. The second-order valence-electron chi connectivity index (χ2n) is 4.92. The maximum atomic E-state index is 11.8. The van der Waals surface area contributed by atoms with Gasteiger partial charge in [-0.25, -0.2) is 0 Å². The number of hydrogen-bond donors (Lipinski definition) is 1. The Bertz CT molecular complexity index is 615. The summed E-state index contributed by atoms with van der Waals surface area (Å²) in [5, 5.41) is 18.9. The first-order valence-electron chi connectivity index (χ1n) is 6.47. The van der Waals surface area contributed by atoms with Crippen LogP contribution in [-0.2, 0) is 11.2 Å². The topological polar surface area (TPSA) is 102 Å². The summed E-state index contributed by atoms with van der Waals surface area (Å²) in [6, 6.07) is 5.71. The number of carbonyl (C=O) groups is 1. The van der Waals surface area contributed by atoms with Crippen molar-refractivity contribution in [2.45, 2.75) is 26.3 Å².